The fraction of sp³-hybridized carbons (Fsp3) is 0.118. The fourth-order valence-corrected chi connectivity index (χ4v) is 2.29. The molecule has 0 saturated heterocycles. The Morgan fingerprint density at radius 3 is 2.30 bits per heavy atom. The van der Waals surface area contributed by atoms with Crippen LogP contribution < -0.4 is 5.32 Å². The van der Waals surface area contributed by atoms with E-state index in [1.807, 2.05) is 0 Å². The second kappa shape index (κ2) is 7.07. The van der Waals surface area contributed by atoms with Gasteiger partial charge in [0.15, 0.2) is 5.78 Å². The predicted octanol–water partition coefficient (Wildman–Crippen LogP) is 3.79. The number of carbonyl (C=O) groups excluding carboxylic acids is 2. The number of hydrogen-bond donors (Lipinski definition) is 2. The largest absolute Gasteiger partial charge is 0.465 e. The van der Waals surface area contributed by atoms with Gasteiger partial charge in [-0.15, -0.1) is 0 Å². The molecule has 0 fully saturated rings. The number of hydrogen-bond acceptors (Lipinski definition) is 3. The van der Waals surface area contributed by atoms with Crippen LogP contribution in [-0.2, 0) is 11.2 Å². The summed E-state index contributed by atoms with van der Waals surface area (Å²) in [5.41, 5.74) is 1.51. The van der Waals surface area contributed by atoms with Gasteiger partial charge in [0.2, 0.25) is 0 Å². The van der Waals surface area contributed by atoms with E-state index in [0.717, 1.165) is 0 Å². The Morgan fingerprint density at radius 2 is 1.74 bits per heavy atom. The van der Waals surface area contributed by atoms with Gasteiger partial charge in [0.25, 0.3) is 0 Å². The average molecular weight is 332 g/mol. The Labute approximate surface area is 137 Å². The van der Waals surface area contributed by atoms with Crippen molar-refractivity contribution in [3.05, 3.63) is 64.2 Å². The highest BCUT2D eigenvalue weighted by Gasteiger charge is 2.16. The van der Waals surface area contributed by atoms with E-state index in [1.54, 1.807) is 30.3 Å². The Bertz CT molecular complexity index is 769. The molecule has 2 aromatic rings. The van der Waals surface area contributed by atoms with Gasteiger partial charge in [-0.25, -0.2) is 4.79 Å². The van der Waals surface area contributed by atoms with Crippen molar-refractivity contribution in [3.63, 3.8) is 0 Å². The van der Waals surface area contributed by atoms with Gasteiger partial charge in [0, 0.05) is 28.3 Å². The third kappa shape index (κ3) is 4.40. The topological polar surface area (TPSA) is 83.5 Å². The molecule has 2 rings (SSSR count). The Balaban J connectivity index is 2.46. The number of anilines is 1. The molecule has 23 heavy (non-hydrogen) atoms. The minimum Gasteiger partial charge on any atom is -0.465 e. The van der Waals surface area contributed by atoms with E-state index in [2.05, 4.69) is 5.32 Å². The summed E-state index contributed by atoms with van der Waals surface area (Å²) >= 11 is 5.81. The van der Waals surface area contributed by atoms with Gasteiger partial charge < -0.3 is 5.11 Å². The maximum Gasteiger partial charge on any atom is 0.409 e. The third-order valence-corrected chi connectivity index (χ3v) is 3.40. The van der Waals surface area contributed by atoms with E-state index in [0.29, 0.717) is 16.1 Å². The van der Waals surface area contributed by atoms with Crippen LogP contribution >= 0.6 is 11.6 Å². The van der Waals surface area contributed by atoms with Crippen molar-refractivity contribution in [2.24, 2.45) is 0 Å². The van der Waals surface area contributed by atoms with Crippen molar-refractivity contribution in [2.45, 2.75) is 13.3 Å². The van der Waals surface area contributed by atoms with E-state index in [9.17, 15) is 14.4 Å². The van der Waals surface area contributed by atoms with Gasteiger partial charge in [0.1, 0.15) is 5.78 Å². The number of benzene rings is 2. The summed E-state index contributed by atoms with van der Waals surface area (Å²) in [7, 11) is 0. The average Bonchev–Trinajstić information content (AvgIpc) is 2.48. The number of amides is 1. The molecular weight excluding hydrogens is 318 g/mol. The molecule has 0 aromatic heterocycles. The first-order valence-electron chi connectivity index (χ1n) is 6.79. The molecule has 5 nitrogen and oxygen atoms in total. The van der Waals surface area contributed by atoms with E-state index in [-0.39, 0.29) is 29.2 Å². The SMILES string of the molecule is CC(=O)Cc1ccc(NC(=O)O)cc1C(=O)c1ccc(Cl)cc1. The lowest BCUT2D eigenvalue weighted by Crippen LogP contribution is -2.12. The van der Waals surface area contributed by atoms with E-state index >= 15 is 0 Å². The molecule has 0 spiro atoms. The second-order valence-electron chi connectivity index (χ2n) is 5.02. The summed E-state index contributed by atoms with van der Waals surface area (Å²) in [5, 5.41) is 11.5. The normalized spacial score (nSPS) is 10.2. The minimum atomic E-state index is -1.23. The number of carbonyl (C=O) groups is 3. The molecule has 118 valence electrons. The van der Waals surface area contributed by atoms with Crippen LogP contribution in [-0.4, -0.2) is 22.8 Å². The van der Waals surface area contributed by atoms with Gasteiger partial charge in [-0.3, -0.25) is 14.9 Å². The standard InChI is InChI=1S/C17H14ClNO4/c1-10(20)8-12-4-7-14(19-17(22)23)9-15(12)16(21)11-2-5-13(18)6-3-11/h2-7,9,19H,8H2,1H3,(H,22,23). The highest BCUT2D eigenvalue weighted by molar-refractivity contribution is 6.30. The molecule has 0 bridgehead atoms. The summed E-state index contributed by atoms with van der Waals surface area (Å²) in [6, 6.07) is 10.9. The number of rotatable bonds is 5. The van der Waals surface area contributed by atoms with Crippen molar-refractivity contribution in [2.75, 3.05) is 5.32 Å². The van der Waals surface area contributed by atoms with Crippen LogP contribution in [0.2, 0.25) is 5.02 Å². The quantitative estimate of drug-likeness (QED) is 0.816. The van der Waals surface area contributed by atoms with E-state index < -0.39 is 6.09 Å². The Hall–Kier alpha value is -2.66. The molecule has 0 saturated carbocycles. The maximum atomic E-state index is 12.7. The zero-order valence-electron chi connectivity index (χ0n) is 12.3. The Kier molecular flexibility index (Phi) is 5.13. The number of nitrogens with one attached hydrogen (secondary N) is 1. The molecule has 0 unspecified atom stereocenters. The summed E-state index contributed by atoms with van der Waals surface area (Å²) in [5.74, 6) is -0.388. The number of halogens is 1. The van der Waals surface area contributed by atoms with Crippen LogP contribution in [0.4, 0.5) is 10.5 Å². The summed E-state index contributed by atoms with van der Waals surface area (Å²) in [6.45, 7) is 1.43. The van der Waals surface area contributed by atoms with Crippen LogP contribution in [0.5, 0.6) is 0 Å². The summed E-state index contributed by atoms with van der Waals surface area (Å²) < 4.78 is 0. The van der Waals surface area contributed by atoms with Gasteiger partial charge >= 0.3 is 6.09 Å². The van der Waals surface area contributed by atoms with Crippen LogP contribution in [0.3, 0.4) is 0 Å². The van der Waals surface area contributed by atoms with E-state index in [1.165, 1.54) is 19.1 Å². The van der Waals surface area contributed by atoms with Crippen LogP contribution in [0.1, 0.15) is 28.4 Å². The number of ketones is 2. The summed E-state index contributed by atoms with van der Waals surface area (Å²) in [4.78, 5) is 34.8. The first-order valence-corrected chi connectivity index (χ1v) is 7.17. The van der Waals surface area contributed by atoms with Crippen molar-refractivity contribution < 1.29 is 19.5 Å². The van der Waals surface area contributed by atoms with Gasteiger partial charge in [0.05, 0.1) is 0 Å². The first-order chi connectivity index (χ1) is 10.9. The van der Waals surface area contributed by atoms with Crippen molar-refractivity contribution in [1.29, 1.82) is 0 Å². The molecule has 0 aliphatic rings. The van der Waals surface area contributed by atoms with Crippen LogP contribution in [0.25, 0.3) is 0 Å². The molecule has 2 aromatic carbocycles. The Morgan fingerprint density at radius 1 is 1.09 bits per heavy atom. The molecular formula is C17H14ClNO4. The smallest absolute Gasteiger partial charge is 0.409 e. The highest BCUT2D eigenvalue weighted by atomic mass is 35.5. The molecule has 0 aliphatic carbocycles. The molecule has 0 radical (unpaired) electrons. The number of carboxylic acid groups (broad SMARTS) is 1. The van der Waals surface area contributed by atoms with Crippen LogP contribution in [0.15, 0.2) is 42.5 Å². The minimum absolute atomic E-state index is 0.0888. The van der Waals surface area contributed by atoms with Crippen molar-refractivity contribution >= 4 is 34.9 Å². The highest BCUT2D eigenvalue weighted by Crippen LogP contribution is 2.21. The first kappa shape index (κ1) is 16.7. The monoisotopic (exact) mass is 331 g/mol. The lowest BCUT2D eigenvalue weighted by atomic mass is 9.95. The van der Waals surface area contributed by atoms with E-state index in [4.69, 9.17) is 16.7 Å². The van der Waals surface area contributed by atoms with Crippen LogP contribution in [0, 0.1) is 0 Å². The molecule has 6 heteroatoms. The zero-order valence-corrected chi connectivity index (χ0v) is 13.1. The third-order valence-electron chi connectivity index (χ3n) is 3.15. The lowest BCUT2D eigenvalue weighted by Gasteiger charge is -2.10. The lowest BCUT2D eigenvalue weighted by molar-refractivity contribution is -0.116. The van der Waals surface area contributed by atoms with Crippen molar-refractivity contribution in [3.8, 4) is 0 Å². The second-order valence-corrected chi connectivity index (χ2v) is 5.45. The number of Topliss-reactive ketones (excluding diaryl/α,β-unsaturated/α-hetero) is 1. The zero-order chi connectivity index (χ0) is 17.0. The maximum absolute atomic E-state index is 12.7. The molecule has 1 amide bonds. The molecule has 0 aliphatic heterocycles. The van der Waals surface area contributed by atoms with Gasteiger partial charge in [-0.05, 0) is 48.9 Å². The molecule has 2 N–H and O–H groups in total. The van der Waals surface area contributed by atoms with Gasteiger partial charge in [-0.2, -0.15) is 0 Å². The van der Waals surface area contributed by atoms with Gasteiger partial charge in [-0.1, -0.05) is 17.7 Å². The van der Waals surface area contributed by atoms with Crippen molar-refractivity contribution in [1.82, 2.24) is 0 Å². The summed E-state index contributed by atoms with van der Waals surface area (Å²) in [6.07, 6.45) is -1.13. The predicted molar refractivity (Wildman–Crippen MR) is 87.4 cm³/mol. The fourth-order valence-electron chi connectivity index (χ4n) is 2.17. The molecule has 0 atom stereocenters. The molecule has 0 heterocycles.